The van der Waals surface area contributed by atoms with Gasteiger partial charge in [0.1, 0.15) is 0 Å². The number of benzene rings is 1. The number of halogens is 4. The summed E-state index contributed by atoms with van der Waals surface area (Å²) in [5, 5.41) is 0. The van der Waals surface area contributed by atoms with Crippen LogP contribution < -0.4 is 17.0 Å². The van der Waals surface area contributed by atoms with E-state index in [1.165, 1.54) is 0 Å². The Balaban J connectivity index is 0. The van der Waals surface area contributed by atoms with E-state index in [4.69, 9.17) is 0 Å². The van der Waals surface area contributed by atoms with Gasteiger partial charge in [-0.15, -0.1) is 12.1 Å². The molecule has 0 radical (unpaired) electrons. The van der Waals surface area contributed by atoms with Gasteiger partial charge in [0.15, 0.2) is 0 Å². The second-order valence-corrected chi connectivity index (χ2v) is 1.45. The van der Waals surface area contributed by atoms with Crippen LogP contribution in [0.15, 0.2) is 12.1 Å². The molecule has 0 saturated carbocycles. The van der Waals surface area contributed by atoms with Crippen molar-refractivity contribution in [2.45, 2.75) is 0 Å². The van der Waals surface area contributed by atoms with Crippen molar-refractivity contribution in [3.8, 4) is 0 Å². The van der Waals surface area contributed by atoms with Crippen LogP contribution in [0.5, 0.6) is 0 Å². The predicted octanol–water partition coefficient (Wildman–Crippen LogP) is -1.47. The molecule has 0 aliphatic heterocycles. The molecule has 5 heteroatoms. The second kappa shape index (κ2) is 5.85. The van der Waals surface area contributed by atoms with E-state index in [0.29, 0.717) is 0 Å². The van der Waals surface area contributed by atoms with Gasteiger partial charge < -0.3 is 17.0 Å². The van der Waals surface area contributed by atoms with E-state index < -0.39 is 17.5 Å². The Bertz CT molecular complexity index is 209. The molecule has 1 rings (SSSR count). The molecule has 0 fully saturated rings. The first-order valence-corrected chi connectivity index (χ1v) is 2.23. The van der Waals surface area contributed by atoms with Crippen LogP contribution in [0.4, 0.5) is 13.2 Å². The maximum absolute atomic E-state index is 11.9. The van der Waals surface area contributed by atoms with Crippen molar-refractivity contribution >= 4 is 23.1 Å². The Labute approximate surface area is 88.7 Å². The summed E-state index contributed by atoms with van der Waals surface area (Å²) in [5.41, 5.74) is 0. The summed E-state index contributed by atoms with van der Waals surface area (Å²) < 4.78 is 35.8. The largest absolute Gasteiger partial charge is 2.00 e. The standard InChI is InChI=1S/C6H2F3.BrH.Mg/c7-4-2-1-3-5(8)6(4)9;;/h1-2H;1H;/q-1;;+2/p-1. The summed E-state index contributed by atoms with van der Waals surface area (Å²) in [7, 11) is 0. The third-order valence-electron chi connectivity index (χ3n) is 0.842. The van der Waals surface area contributed by atoms with Crippen molar-refractivity contribution in [1.82, 2.24) is 0 Å². The van der Waals surface area contributed by atoms with Crippen LogP contribution >= 0.6 is 0 Å². The molecule has 0 aliphatic rings. The van der Waals surface area contributed by atoms with E-state index in [1.54, 1.807) is 0 Å². The second-order valence-electron chi connectivity index (χ2n) is 1.45. The van der Waals surface area contributed by atoms with Crippen molar-refractivity contribution in [2.24, 2.45) is 0 Å². The summed E-state index contributed by atoms with van der Waals surface area (Å²) >= 11 is 0. The molecule has 56 valence electrons. The first-order valence-electron chi connectivity index (χ1n) is 2.23. The van der Waals surface area contributed by atoms with Crippen LogP contribution in [0.3, 0.4) is 0 Å². The zero-order valence-corrected chi connectivity index (χ0v) is 8.37. The monoisotopic (exact) mass is 234 g/mol. The minimum atomic E-state index is -1.47. The SMILES string of the molecule is Fc1[c-]ccc(F)c1F.[Br-].[Mg+2]. The van der Waals surface area contributed by atoms with Gasteiger partial charge in [-0.05, 0) is 0 Å². The van der Waals surface area contributed by atoms with Gasteiger partial charge in [-0.2, -0.15) is 6.07 Å². The van der Waals surface area contributed by atoms with Crippen LogP contribution in [-0.2, 0) is 0 Å². The fraction of sp³-hybridized carbons (Fsp3) is 0. The minimum absolute atomic E-state index is 0. The molecule has 0 bridgehead atoms. The molecular formula is C6H2BrF3Mg. The third kappa shape index (κ3) is 3.44. The number of hydrogen-bond acceptors (Lipinski definition) is 0. The summed E-state index contributed by atoms with van der Waals surface area (Å²) in [6.07, 6.45) is 0. The smallest absolute Gasteiger partial charge is 1.00 e. The Morgan fingerprint density at radius 2 is 1.73 bits per heavy atom. The zero-order valence-electron chi connectivity index (χ0n) is 5.37. The van der Waals surface area contributed by atoms with E-state index in [1.807, 2.05) is 6.07 Å². The molecule has 0 unspecified atom stereocenters. The third-order valence-corrected chi connectivity index (χ3v) is 0.842. The predicted molar refractivity (Wildman–Crippen MR) is 30.9 cm³/mol. The topological polar surface area (TPSA) is 0 Å². The number of rotatable bonds is 0. The van der Waals surface area contributed by atoms with Crippen molar-refractivity contribution < 1.29 is 30.2 Å². The fourth-order valence-corrected chi connectivity index (χ4v) is 0.429. The van der Waals surface area contributed by atoms with Crippen molar-refractivity contribution in [2.75, 3.05) is 0 Å². The van der Waals surface area contributed by atoms with Crippen molar-refractivity contribution in [3.05, 3.63) is 35.7 Å². The summed E-state index contributed by atoms with van der Waals surface area (Å²) in [4.78, 5) is 0. The molecule has 0 spiro atoms. The van der Waals surface area contributed by atoms with Gasteiger partial charge in [0.2, 0.25) is 0 Å². The first-order chi connectivity index (χ1) is 4.22. The molecule has 0 heterocycles. The van der Waals surface area contributed by atoms with Gasteiger partial charge in [0, 0.05) is 5.82 Å². The minimum Gasteiger partial charge on any atom is -1.00 e. The Kier molecular flexibility index (Phi) is 7.35. The zero-order chi connectivity index (χ0) is 6.85. The molecule has 0 saturated heterocycles. The molecule has 1 aromatic rings. The quantitative estimate of drug-likeness (QED) is 0.292. The molecule has 0 atom stereocenters. The normalized spacial score (nSPS) is 7.91. The van der Waals surface area contributed by atoms with Gasteiger partial charge >= 0.3 is 23.1 Å². The van der Waals surface area contributed by atoms with E-state index in [2.05, 4.69) is 0 Å². The van der Waals surface area contributed by atoms with Crippen LogP contribution in [0.1, 0.15) is 0 Å². The molecule has 0 aliphatic carbocycles. The Morgan fingerprint density at radius 3 is 2.09 bits per heavy atom. The summed E-state index contributed by atoms with van der Waals surface area (Å²) in [6, 6.07) is 3.64. The fourth-order valence-electron chi connectivity index (χ4n) is 0.429. The van der Waals surface area contributed by atoms with Crippen LogP contribution in [-0.4, -0.2) is 23.1 Å². The summed E-state index contributed by atoms with van der Waals surface area (Å²) in [5.74, 6) is -3.95. The molecule has 0 amide bonds. The van der Waals surface area contributed by atoms with Crippen LogP contribution in [0.25, 0.3) is 0 Å². The Morgan fingerprint density at radius 1 is 1.18 bits per heavy atom. The van der Waals surface area contributed by atoms with Crippen LogP contribution in [0.2, 0.25) is 0 Å². The van der Waals surface area contributed by atoms with Gasteiger partial charge in [-0.1, -0.05) is 0 Å². The molecule has 0 aromatic heterocycles. The van der Waals surface area contributed by atoms with E-state index in [-0.39, 0.29) is 40.0 Å². The first kappa shape index (κ1) is 13.8. The average molecular weight is 235 g/mol. The van der Waals surface area contributed by atoms with Gasteiger partial charge in [0.25, 0.3) is 0 Å². The number of hydrogen-bond donors (Lipinski definition) is 0. The summed E-state index contributed by atoms with van der Waals surface area (Å²) in [6.45, 7) is 0. The van der Waals surface area contributed by atoms with Gasteiger partial charge in [-0.3, -0.25) is 4.39 Å². The maximum Gasteiger partial charge on any atom is 2.00 e. The molecule has 0 nitrogen and oxygen atoms in total. The molecule has 0 N–H and O–H groups in total. The maximum atomic E-state index is 11.9. The molecular weight excluding hydrogens is 233 g/mol. The van der Waals surface area contributed by atoms with Crippen LogP contribution in [0, 0.1) is 23.5 Å². The van der Waals surface area contributed by atoms with E-state index in [0.717, 1.165) is 12.1 Å². The van der Waals surface area contributed by atoms with Gasteiger partial charge in [-0.25, -0.2) is 8.78 Å². The molecule has 11 heavy (non-hydrogen) atoms. The van der Waals surface area contributed by atoms with Gasteiger partial charge in [0.05, 0.1) is 11.6 Å². The average Bonchev–Trinajstić information content (AvgIpc) is 1.83. The molecule has 1 aromatic carbocycles. The van der Waals surface area contributed by atoms with E-state index in [9.17, 15) is 13.2 Å². The van der Waals surface area contributed by atoms with Crippen molar-refractivity contribution in [3.63, 3.8) is 0 Å². The van der Waals surface area contributed by atoms with E-state index >= 15 is 0 Å². The van der Waals surface area contributed by atoms with Crippen molar-refractivity contribution in [1.29, 1.82) is 0 Å². The Hall–Kier alpha value is 0.256.